The summed E-state index contributed by atoms with van der Waals surface area (Å²) < 4.78 is 5.24. The lowest BCUT2D eigenvalue weighted by Gasteiger charge is -2.12. The van der Waals surface area contributed by atoms with Crippen molar-refractivity contribution in [1.29, 1.82) is 0 Å². The van der Waals surface area contributed by atoms with E-state index in [0.717, 1.165) is 30.5 Å². The van der Waals surface area contributed by atoms with Gasteiger partial charge in [0.1, 0.15) is 0 Å². The molecule has 0 saturated heterocycles. The van der Waals surface area contributed by atoms with Crippen LogP contribution in [0.3, 0.4) is 0 Å². The molecule has 0 bridgehead atoms. The maximum Gasteiger partial charge on any atom is 0.259 e. The van der Waals surface area contributed by atoms with Crippen LogP contribution in [0.1, 0.15) is 67.5 Å². The third kappa shape index (κ3) is 3.58. The van der Waals surface area contributed by atoms with Crippen LogP contribution in [0.5, 0.6) is 0 Å². The molecule has 0 aromatic carbocycles. The summed E-state index contributed by atoms with van der Waals surface area (Å²) in [5, 5.41) is 8.80. The Bertz CT molecular complexity index is 650. The first-order valence-corrected chi connectivity index (χ1v) is 8.62. The summed E-state index contributed by atoms with van der Waals surface area (Å²) in [6, 6.07) is 1.80. The Kier molecular flexibility index (Phi) is 5.06. The van der Waals surface area contributed by atoms with E-state index >= 15 is 0 Å². The molecule has 5 heteroatoms. The third-order valence-corrected chi connectivity index (χ3v) is 4.73. The highest BCUT2D eigenvalue weighted by atomic mass is 32.1. The minimum absolute atomic E-state index is 0.0996. The van der Waals surface area contributed by atoms with Crippen molar-refractivity contribution in [2.24, 2.45) is 0 Å². The predicted molar refractivity (Wildman–Crippen MR) is 90.8 cm³/mol. The topological polar surface area (TPSA) is 55.1 Å². The predicted octanol–water partition coefficient (Wildman–Crippen LogP) is 4.80. The Morgan fingerprint density at radius 2 is 2.09 bits per heavy atom. The van der Waals surface area contributed by atoms with Crippen LogP contribution in [-0.4, -0.2) is 11.1 Å². The van der Waals surface area contributed by atoms with E-state index in [2.05, 4.69) is 45.1 Å². The summed E-state index contributed by atoms with van der Waals surface area (Å²) in [4.78, 5) is 13.8. The van der Waals surface area contributed by atoms with Crippen molar-refractivity contribution in [3.8, 4) is 0 Å². The first-order valence-electron chi connectivity index (χ1n) is 7.74. The summed E-state index contributed by atoms with van der Waals surface area (Å²) in [5.41, 5.74) is 2.66. The average molecular weight is 320 g/mol. The fourth-order valence-electron chi connectivity index (χ4n) is 2.30. The van der Waals surface area contributed by atoms with Gasteiger partial charge in [-0.3, -0.25) is 10.1 Å². The van der Waals surface area contributed by atoms with Crippen LogP contribution in [0, 0.1) is 0 Å². The number of amides is 1. The van der Waals surface area contributed by atoms with Crippen LogP contribution in [-0.2, 0) is 18.3 Å². The van der Waals surface area contributed by atoms with E-state index in [1.807, 2.05) is 5.38 Å². The van der Waals surface area contributed by atoms with Gasteiger partial charge in [-0.05, 0) is 18.4 Å². The van der Waals surface area contributed by atoms with Crippen molar-refractivity contribution in [1.82, 2.24) is 5.16 Å². The smallest absolute Gasteiger partial charge is 0.259 e. The van der Waals surface area contributed by atoms with Gasteiger partial charge in [0.15, 0.2) is 0 Å². The van der Waals surface area contributed by atoms with Crippen LogP contribution in [0.25, 0.3) is 0 Å². The highest BCUT2D eigenvalue weighted by Crippen LogP contribution is 2.27. The van der Waals surface area contributed by atoms with E-state index in [-0.39, 0.29) is 11.3 Å². The Morgan fingerprint density at radius 1 is 1.36 bits per heavy atom. The molecule has 0 aliphatic heterocycles. The number of hydrogen-bond donors (Lipinski definition) is 1. The zero-order valence-corrected chi connectivity index (χ0v) is 14.8. The van der Waals surface area contributed by atoms with Gasteiger partial charge in [0.2, 0.25) is 5.88 Å². The number of nitrogens with one attached hydrogen (secondary N) is 1. The fraction of sp³-hybridized carbons (Fsp3) is 0.529. The van der Waals surface area contributed by atoms with Crippen molar-refractivity contribution >= 4 is 23.1 Å². The molecule has 0 fully saturated rings. The van der Waals surface area contributed by atoms with Crippen LogP contribution in [0.15, 0.2) is 16.0 Å². The molecule has 0 aliphatic rings. The highest BCUT2D eigenvalue weighted by Gasteiger charge is 2.21. The molecule has 120 valence electrons. The fourth-order valence-corrected chi connectivity index (χ4v) is 3.33. The summed E-state index contributed by atoms with van der Waals surface area (Å²) in [6.45, 7) is 10.4. The van der Waals surface area contributed by atoms with Gasteiger partial charge < -0.3 is 4.52 Å². The zero-order valence-electron chi connectivity index (χ0n) is 13.9. The highest BCUT2D eigenvalue weighted by molar-refractivity contribution is 7.10. The van der Waals surface area contributed by atoms with E-state index in [9.17, 15) is 4.79 Å². The molecule has 2 aromatic heterocycles. The number of carbonyl (C=O) groups is 1. The number of nitrogens with zero attached hydrogens (tertiary/aromatic N) is 1. The molecule has 2 rings (SSSR count). The van der Waals surface area contributed by atoms with Crippen molar-refractivity contribution in [3.63, 3.8) is 0 Å². The van der Waals surface area contributed by atoms with E-state index in [1.54, 1.807) is 17.4 Å². The van der Waals surface area contributed by atoms with Gasteiger partial charge in [-0.2, -0.15) is 0 Å². The van der Waals surface area contributed by atoms with E-state index in [4.69, 9.17) is 4.52 Å². The Morgan fingerprint density at radius 3 is 2.64 bits per heavy atom. The zero-order chi connectivity index (χ0) is 16.3. The Balaban J connectivity index is 2.19. The van der Waals surface area contributed by atoms with E-state index in [1.165, 1.54) is 10.4 Å². The van der Waals surface area contributed by atoms with Gasteiger partial charge in [0.05, 0.1) is 11.3 Å². The molecule has 0 unspecified atom stereocenters. The number of aromatic nitrogens is 1. The monoisotopic (exact) mass is 320 g/mol. The minimum Gasteiger partial charge on any atom is -0.338 e. The molecule has 22 heavy (non-hydrogen) atoms. The molecular weight excluding hydrogens is 296 g/mol. The van der Waals surface area contributed by atoms with Crippen molar-refractivity contribution in [3.05, 3.63) is 33.1 Å². The molecule has 0 aliphatic carbocycles. The molecule has 2 aromatic rings. The molecule has 0 spiro atoms. The molecule has 1 N–H and O–H groups in total. The minimum atomic E-state index is -0.115. The van der Waals surface area contributed by atoms with Gasteiger partial charge in [0, 0.05) is 21.7 Å². The lowest BCUT2D eigenvalue weighted by atomic mass is 9.92. The molecule has 0 saturated carbocycles. The average Bonchev–Trinajstić information content (AvgIpc) is 3.05. The first kappa shape index (κ1) is 16.7. The quantitative estimate of drug-likeness (QED) is 0.861. The number of thiophene rings is 1. The maximum absolute atomic E-state index is 12.5. The number of aryl methyl sites for hydroxylation is 1. The molecular formula is C17H24N2O2S. The molecule has 0 radical (unpaired) electrons. The van der Waals surface area contributed by atoms with Crippen LogP contribution < -0.4 is 5.32 Å². The van der Waals surface area contributed by atoms with Crippen molar-refractivity contribution < 1.29 is 9.32 Å². The van der Waals surface area contributed by atoms with Gasteiger partial charge in [-0.15, -0.1) is 11.3 Å². The summed E-state index contributed by atoms with van der Waals surface area (Å²) >= 11 is 1.66. The summed E-state index contributed by atoms with van der Waals surface area (Å²) in [5.74, 6) is 0.289. The molecule has 2 heterocycles. The maximum atomic E-state index is 12.5. The number of anilines is 1. The summed E-state index contributed by atoms with van der Waals surface area (Å²) in [6.07, 6.45) is 2.92. The number of hydrogen-bond acceptors (Lipinski definition) is 4. The van der Waals surface area contributed by atoms with Gasteiger partial charge >= 0.3 is 0 Å². The van der Waals surface area contributed by atoms with Gasteiger partial charge in [-0.1, -0.05) is 46.2 Å². The summed E-state index contributed by atoms with van der Waals surface area (Å²) in [7, 11) is 0. The normalized spacial score (nSPS) is 11.7. The molecule has 1 amide bonds. The van der Waals surface area contributed by atoms with Crippen LogP contribution >= 0.6 is 11.3 Å². The molecule has 0 atom stereocenters. The van der Waals surface area contributed by atoms with Gasteiger partial charge in [-0.25, -0.2) is 0 Å². The molecule has 4 nitrogen and oxygen atoms in total. The van der Waals surface area contributed by atoms with Crippen molar-refractivity contribution in [2.75, 3.05) is 5.32 Å². The van der Waals surface area contributed by atoms with E-state index < -0.39 is 0 Å². The van der Waals surface area contributed by atoms with Crippen LogP contribution in [0.4, 0.5) is 5.88 Å². The lowest BCUT2D eigenvalue weighted by Crippen LogP contribution is -2.13. The van der Waals surface area contributed by atoms with Crippen molar-refractivity contribution in [2.45, 2.75) is 59.3 Å². The van der Waals surface area contributed by atoms with Gasteiger partial charge in [0.25, 0.3) is 5.91 Å². The second-order valence-electron chi connectivity index (χ2n) is 6.44. The number of rotatable bonds is 5. The van der Waals surface area contributed by atoms with E-state index in [0.29, 0.717) is 5.88 Å². The Labute approximate surface area is 135 Å². The third-order valence-electron chi connectivity index (χ3n) is 3.56. The Hall–Kier alpha value is -1.62. The second kappa shape index (κ2) is 6.65. The van der Waals surface area contributed by atoms with Crippen LogP contribution in [0.2, 0.25) is 0 Å². The standard InChI is InChI=1S/C17H24N2O2S/c1-6-8-11-12(10-22-13(11)7-2)16(20)18-15-9-14(19-21-15)17(3,4)5/h9-10H,6-8H2,1-5H3,(H,18,20). The second-order valence-corrected chi connectivity index (χ2v) is 7.40. The SMILES string of the molecule is CCCc1c(C(=O)Nc2cc(C(C)(C)C)no2)csc1CC. The first-order chi connectivity index (χ1) is 10.4. The largest absolute Gasteiger partial charge is 0.338 e. The lowest BCUT2D eigenvalue weighted by molar-refractivity contribution is 0.102. The number of carbonyl (C=O) groups excluding carboxylic acids is 1.